The van der Waals surface area contributed by atoms with Gasteiger partial charge in [0, 0.05) is 11.1 Å². The summed E-state index contributed by atoms with van der Waals surface area (Å²) in [7, 11) is 0. The summed E-state index contributed by atoms with van der Waals surface area (Å²) in [5.74, 6) is 0.0717. The predicted molar refractivity (Wildman–Crippen MR) is 102 cm³/mol. The minimum Gasteiger partial charge on any atom is -0.454 e. The fraction of sp³-hybridized carbons (Fsp3) is 0.130. The molecule has 0 fully saturated rings. The van der Waals surface area contributed by atoms with Crippen LogP contribution in [0.5, 0.6) is 11.5 Å². The van der Waals surface area contributed by atoms with Crippen molar-refractivity contribution in [3.8, 4) is 11.5 Å². The molecule has 4 nitrogen and oxygen atoms in total. The maximum Gasteiger partial charge on any atom is 0.233 e. The summed E-state index contributed by atoms with van der Waals surface area (Å²) in [5, 5.41) is 0. The van der Waals surface area contributed by atoms with Gasteiger partial charge in [-0.15, -0.1) is 0 Å². The normalized spacial score (nSPS) is 12.0. The Labute approximate surface area is 157 Å². The molecule has 0 saturated heterocycles. The highest BCUT2D eigenvalue weighted by Crippen LogP contribution is 2.35. The van der Waals surface area contributed by atoms with Crippen molar-refractivity contribution in [3.05, 3.63) is 95.1 Å². The molecular weight excluding hydrogens is 340 g/mol. The zero-order valence-corrected chi connectivity index (χ0v) is 14.7. The molecule has 0 amide bonds. The number of benzene rings is 3. The Kier molecular flexibility index (Phi) is 4.71. The van der Waals surface area contributed by atoms with Gasteiger partial charge in [-0.25, -0.2) is 0 Å². The van der Waals surface area contributed by atoms with Crippen molar-refractivity contribution in [2.75, 3.05) is 6.79 Å². The standard InChI is InChI=1S/C23H18O4/c24-22(17-9-5-2-6-10-17)23(25)19-14-21-20(26-15-27-21)13-18(19)12-11-16-7-3-1-4-8-16/h1-10,13-14H,11-12,15H2. The molecule has 4 heteroatoms. The highest BCUT2D eigenvalue weighted by atomic mass is 16.7. The molecule has 3 aromatic rings. The van der Waals surface area contributed by atoms with Crippen LogP contribution in [0.25, 0.3) is 0 Å². The lowest BCUT2D eigenvalue weighted by molar-refractivity contribution is 0.0816. The van der Waals surface area contributed by atoms with E-state index < -0.39 is 11.6 Å². The lowest BCUT2D eigenvalue weighted by Gasteiger charge is -2.10. The molecule has 0 aliphatic carbocycles. The SMILES string of the molecule is O=C(C(=O)c1cc2c(cc1CCc1ccccc1)OCO2)c1ccccc1. The van der Waals surface area contributed by atoms with Crippen LogP contribution < -0.4 is 9.47 Å². The molecule has 4 rings (SSSR count). The van der Waals surface area contributed by atoms with Crippen LogP contribution >= 0.6 is 0 Å². The Morgan fingerprint density at radius 2 is 1.37 bits per heavy atom. The number of ketones is 2. The van der Waals surface area contributed by atoms with Gasteiger partial charge in [0.1, 0.15) is 0 Å². The van der Waals surface area contributed by atoms with E-state index in [1.807, 2.05) is 42.5 Å². The average molecular weight is 358 g/mol. The summed E-state index contributed by atoms with van der Waals surface area (Å²) in [6.07, 6.45) is 1.39. The fourth-order valence-corrected chi connectivity index (χ4v) is 3.17. The second kappa shape index (κ2) is 7.46. The van der Waals surface area contributed by atoms with E-state index in [0.717, 1.165) is 12.0 Å². The van der Waals surface area contributed by atoms with Crippen LogP contribution in [0.4, 0.5) is 0 Å². The Hall–Kier alpha value is -3.40. The van der Waals surface area contributed by atoms with E-state index in [1.54, 1.807) is 30.3 Å². The van der Waals surface area contributed by atoms with Gasteiger partial charge >= 0.3 is 0 Å². The summed E-state index contributed by atoms with van der Waals surface area (Å²) in [6.45, 7) is 0.123. The maximum absolute atomic E-state index is 12.9. The van der Waals surface area contributed by atoms with Crippen molar-refractivity contribution in [3.63, 3.8) is 0 Å². The Morgan fingerprint density at radius 3 is 2.07 bits per heavy atom. The number of hydrogen-bond acceptors (Lipinski definition) is 4. The van der Waals surface area contributed by atoms with Crippen molar-refractivity contribution < 1.29 is 19.1 Å². The van der Waals surface area contributed by atoms with Gasteiger partial charge in [0.15, 0.2) is 11.5 Å². The number of fused-ring (bicyclic) bond motifs is 1. The monoisotopic (exact) mass is 358 g/mol. The number of ether oxygens (including phenoxy) is 2. The first-order chi connectivity index (χ1) is 13.2. The van der Waals surface area contributed by atoms with Crippen LogP contribution in [0.15, 0.2) is 72.8 Å². The van der Waals surface area contributed by atoms with Crippen LogP contribution in [0, 0.1) is 0 Å². The van der Waals surface area contributed by atoms with E-state index in [0.29, 0.717) is 29.0 Å². The van der Waals surface area contributed by atoms with Crippen LogP contribution in [-0.4, -0.2) is 18.4 Å². The first kappa shape index (κ1) is 17.0. The lowest BCUT2D eigenvalue weighted by Crippen LogP contribution is -2.16. The second-order valence-electron chi connectivity index (χ2n) is 6.37. The molecule has 0 unspecified atom stereocenters. The van der Waals surface area contributed by atoms with Gasteiger partial charge < -0.3 is 9.47 Å². The number of hydrogen-bond donors (Lipinski definition) is 0. The number of Topliss-reactive ketones (excluding diaryl/α,β-unsaturated/α-hetero) is 2. The molecule has 0 N–H and O–H groups in total. The third kappa shape index (κ3) is 3.60. The van der Waals surface area contributed by atoms with E-state index in [9.17, 15) is 9.59 Å². The van der Waals surface area contributed by atoms with Crippen molar-refractivity contribution in [1.82, 2.24) is 0 Å². The smallest absolute Gasteiger partial charge is 0.233 e. The Balaban J connectivity index is 1.66. The third-order valence-electron chi connectivity index (χ3n) is 4.61. The van der Waals surface area contributed by atoms with E-state index in [1.165, 1.54) is 5.56 Å². The largest absolute Gasteiger partial charge is 0.454 e. The minimum atomic E-state index is -0.525. The Morgan fingerprint density at radius 1 is 0.741 bits per heavy atom. The van der Waals surface area contributed by atoms with E-state index in [-0.39, 0.29) is 6.79 Å². The van der Waals surface area contributed by atoms with Gasteiger partial charge in [-0.1, -0.05) is 60.7 Å². The number of aryl methyl sites for hydroxylation is 2. The van der Waals surface area contributed by atoms with Gasteiger partial charge in [0.2, 0.25) is 18.4 Å². The topological polar surface area (TPSA) is 52.6 Å². The molecule has 3 aromatic carbocycles. The molecule has 0 radical (unpaired) electrons. The zero-order valence-electron chi connectivity index (χ0n) is 14.7. The van der Waals surface area contributed by atoms with E-state index in [2.05, 4.69) is 0 Å². The van der Waals surface area contributed by atoms with Gasteiger partial charge in [-0.05, 0) is 36.1 Å². The fourth-order valence-electron chi connectivity index (χ4n) is 3.17. The zero-order chi connectivity index (χ0) is 18.6. The molecule has 0 spiro atoms. The summed E-state index contributed by atoms with van der Waals surface area (Å²) in [4.78, 5) is 25.6. The van der Waals surface area contributed by atoms with Gasteiger partial charge in [-0.2, -0.15) is 0 Å². The van der Waals surface area contributed by atoms with E-state index >= 15 is 0 Å². The van der Waals surface area contributed by atoms with Crippen molar-refractivity contribution in [2.24, 2.45) is 0 Å². The lowest BCUT2D eigenvalue weighted by atomic mass is 9.93. The van der Waals surface area contributed by atoms with Gasteiger partial charge in [0.25, 0.3) is 0 Å². The average Bonchev–Trinajstić information content (AvgIpc) is 3.19. The summed E-state index contributed by atoms with van der Waals surface area (Å²) in [6, 6.07) is 22.1. The molecule has 1 heterocycles. The number of rotatable bonds is 6. The minimum absolute atomic E-state index is 0.123. The molecule has 0 bridgehead atoms. The van der Waals surface area contributed by atoms with Crippen molar-refractivity contribution >= 4 is 11.6 Å². The molecule has 0 saturated carbocycles. The quantitative estimate of drug-likeness (QED) is 0.488. The first-order valence-electron chi connectivity index (χ1n) is 8.83. The molecule has 0 aromatic heterocycles. The predicted octanol–water partition coefficient (Wildman–Crippen LogP) is 4.27. The highest BCUT2D eigenvalue weighted by molar-refractivity contribution is 6.49. The highest BCUT2D eigenvalue weighted by Gasteiger charge is 2.25. The van der Waals surface area contributed by atoms with E-state index in [4.69, 9.17) is 9.47 Å². The maximum atomic E-state index is 12.9. The van der Waals surface area contributed by atoms with Crippen LogP contribution in [0.3, 0.4) is 0 Å². The number of carbonyl (C=O) groups is 2. The molecular formula is C23H18O4. The van der Waals surface area contributed by atoms with Crippen LogP contribution in [-0.2, 0) is 12.8 Å². The van der Waals surface area contributed by atoms with Gasteiger partial charge in [0.05, 0.1) is 0 Å². The molecule has 27 heavy (non-hydrogen) atoms. The molecule has 134 valence electrons. The summed E-state index contributed by atoms with van der Waals surface area (Å²) in [5.41, 5.74) is 2.72. The molecule has 1 aliphatic heterocycles. The van der Waals surface area contributed by atoms with Crippen molar-refractivity contribution in [1.29, 1.82) is 0 Å². The Bertz CT molecular complexity index is 978. The summed E-state index contributed by atoms with van der Waals surface area (Å²) >= 11 is 0. The van der Waals surface area contributed by atoms with Gasteiger partial charge in [-0.3, -0.25) is 9.59 Å². The molecule has 1 aliphatic rings. The van der Waals surface area contributed by atoms with Crippen LogP contribution in [0.2, 0.25) is 0 Å². The summed E-state index contributed by atoms with van der Waals surface area (Å²) < 4.78 is 10.9. The third-order valence-corrected chi connectivity index (χ3v) is 4.61. The molecule has 0 atom stereocenters. The van der Waals surface area contributed by atoms with Crippen LogP contribution in [0.1, 0.15) is 31.8 Å². The number of carbonyl (C=O) groups excluding carboxylic acids is 2. The second-order valence-corrected chi connectivity index (χ2v) is 6.37. The first-order valence-corrected chi connectivity index (χ1v) is 8.83. The van der Waals surface area contributed by atoms with Crippen molar-refractivity contribution in [2.45, 2.75) is 12.8 Å².